The number of hydrogen-bond acceptors (Lipinski definition) is 2. The van der Waals surface area contributed by atoms with Crippen molar-refractivity contribution in [3.05, 3.63) is 35.9 Å². The molecule has 1 aromatic rings. The van der Waals surface area contributed by atoms with E-state index in [1.165, 1.54) is 5.56 Å². The molecule has 0 aliphatic carbocycles. The summed E-state index contributed by atoms with van der Waals surface area (Å²) in [5.74, 6) is 0.186. The molecule has 0 heterocycles. The van der Waals surface area contributed by atoms with Gasteiger partial charge in [-0.05, 0) is 5.56 Å². The number of nitrogens with zero attached hydrogens (tertiary/aromatic N) is 1. The second kappa shape index (κ2) is 6.12. The fourth-order valence-corrected chi connectivity index (χ4v) is 1.30. The zero-order valence-electron chi connectivity index (χ0n) is 9.31. The Morgan fingerprint density at radius 3 is 2.67 bits per heavy atom. The van der Waals surface area contributed by atoms with Crippen LogP contribution in [0.2, 0.25) is 0 Å². The number of rotatable bonds is 5. The van der Waals surface area contributed by atoms with Gasteiger partial charge in [0.25, 0.3) is 0 Å². The average Bonchev–Trinajstić information content (AvgIpc) is 2.29. The highest BCUT2D eigenvalue weighted by Crippen LogP contribution is 2.01. The number of hydrogen-bond donors (Lipinski definition) is 0. The van der Waals surface area contributed by atoms with Crippen LogP contribution < -0.4 is 0 Å². The quantitative estimate of drug-likeness (QED) is 0.676. The number of carbonyl (C=O) groups is 1. The molecule has 0 saturated carbocycles. The third-order valence-corrected chi connectivity index (χ3v) is 2.30. The zero-order valence-corrected chi connectivity index (χ0v) is 9.31. The number of ketones is 1. The molecular formula is C13H17NO. The van der Waals surface area contributed by atoms with E-state index in [4.69, 9.17) is 0 Å². The number of Topliss-reactive ketones (excluding diaryl/α,β-unsaturated/α-hetero) is 1. The van der Waals surface area contributed by atoms with Gasteiger partial charge in [-0.3, -0.25) is 9.79 Å². The predicted octanol–water partition coefficient (Wildman–Crippen LogP) is 2.87. The van der Waals surface area contributed by atoms with E-state index >= 15 is 0 Å². The Morgan fingerprint density at radius 2 is 2.07 bits per heavy atom. The van der Waals surface area contributed by atoms with Crippen LogP contribution in [0.25, 0.3) is 0 Å². The van der Waals surface area contributed by atoms with Crippen molar-refractivity contribution in [2.24, 2.45) is 10.9 Å². The second-order valence-corrected chi connectivity index (χ2v) is 3.58. The summed E-state index contributed by atoms with van der Waals surface area (Å²) in [6, 6.07) is 10.0. The molecule has 1 rings (SSSR count). The van der Waals surface area contributed by atoms with Crippen molar-refractivity contribution in [1.29, 1.82) is 0 Å². The topological polar surface area (TPSA) is 29.4 Å². The lowest BCUT2D eigenvalue weighted by molar-refractivity contribution is -0.120. The summed E-state index contributed by atoms with van der Waals surface area (Å²) in [5, 5.41) is 0. The van der Waals surface area contributed by atoms with E-state index in [0.29, 0.717) is 13.0 Å². The molecule has 0 aliphatic heterocycles. The van der Waals surface area contributed by atoms with Crippen molar-refractivity contribution in [3.63, 3.8) is 0 Å². The molecule has 80 valence electrons. The summed E-state index contributed by atoms with van der Waals surface area (Å²) >= 11 is 0. The molecule has 0 fully saturated rings. The molecule has 0 radical (unpaired) electrons. The van der Waals surface area contributed by atoms with Crippen molar-refractivity contribution in [1.82, 2.24) is 0 Å². The van der Waals surface area contributed by atoms with Crippen LogP contribution in [0.15, 0.2) is 35.3 Å². The van der Waals surface area contributed by atoms with Crippen molar-refractivity contribution < 1.29 is 4.79 Å². The lowest BCUT2D eigenvalue weighted by Crippen LogP contribution is -2.10. The highest BCUT2D eigenvalue weighted by molar-refractivity contribution is 5.94. The Hall–Kier alpha value is -1.44. The number of aliphatic imine (C=N–C) groups is 1. The number of carbonyl (C=O) groups excluding carboxylic acids is 1. The summed E-state index contributed by atoms with van der Waals surface area (Å²) in [5.41, 5.74) is 1.17. The molecule has 0 aromatic heterocycles. The van der Waals surface area contributed by atoms with E-state index in [9.17, 15) is 4.79 Å². The molecule has 0 unspecified atom stereocenters. The maximum Gasteiger partial charge on any atom is 0.140 e. The first-order chi connectivity index (χ1) is 7.24. The summed E-state index contributed by atoms with van der Waals surface area (Å²) in [4.78, 5) is 15.5. The summed E-state index contributed by atoms with van der Waals surface area (Å²) in [6.07, 6.45) is 2.33. The standard InChI is InChI=1S/C13H17NO/c1-3-13(15)11(2)9-14-10-12-7-5-4-6-8-12/h4-9,11H,3,10H2,1-2H3/t11-/m0/s1. The molecule has 1 atom stereocenters. The molecular weight excluding hydrogens is 186 g/mol. The van der Waals surface area contributed by atoms with Gasteiger partial charge in [-0.15, -0.1) is 0 Å². The average molecular weight is 203 g/mol. The van der Waals surface area contributed by atoms with Crippen LogP contribution in [-0.2, 0) is 11.3 Å². The van der Waals surface area contributed by atoms with E-state index in [1.807, 2.05) is 44.2 Å². The summed E-state index contributed by atoms with van der Waals surface area (Å²) in [7, 11) is 0. The monoisotopic (exact) mass is 203 g/mol. The van der Waals surface area contributed by atoms with Crippen molar-refractivity contribution in [3.8, 4) is 0 Å². The molecule has 0 amide bonds. The Morgan fingerprint density at radius 1 is 1.40 bits per heavy atom. The van der Waals surface area contributed by atoms with E-state index in [0.717, 1.165) is 0 Å². The molecule has 0 bridgehead atoms. The van der Waals surface area contributed by atoms with Gasteiger partial charge in [-0.2, -0.15) is 0 Å². The minimum atomic E-state index is -0.0567. The van der Waals surface area contributed by atoms with Crippen molar-refractivity contribution in [2.45, 2.75) is 26.8 Å². The summed E-state index contributed by atoms with van der Waals surface area (Å²) in [6.45, 7) is 4.42. The van der Waals surface area contributed by atoms with Crippen LogP contribution in [-0.4, -0.2) is 12.0 Å². The highest BCUT2D eigenvalue weighted by atomic mass is 16.1. The first-order valence-corrected chi connectivity index (χ1v) is 5.30. The van der Waals surface area contributed by atoms with Crippen molar-refractivity contribution in [2.75, 3.05) is 0 Å². The lowest BCUT2D eigenvalue weighted by atomic mass is 10.1. The largest absolute Gasteiger partial charge is 0.299 e. The summed E-state index contributed by atoms with van der Waals surface area (Å²) < 4.78 is 0. The Balaban J connectivity index is 2.43. The van der Waals surface area contributed by atoms with E-state index in [2.05, 4.69) is 4.99 Å². The van der Waals surface area contributed by atoms with Crippen LogP contribution in [0, 0.1) is 5.92 Å². The first kappa shape index (κ1) is 11.6. The van der Waals surface area contributed by atoms with Gasteiger partial charge in [-0.25, -0.2) is 0 Å². The zero-order chi connectivity index (χ0) is 11.1. The van der Waals surface area contributed by atoms with Crippen molar-refractivity contribution >= 4 is 12.0 Å². The smallest absolute Gasteiger partial charge is 0.140 e. The Bertz CT molecular complexity index is 330. The molecule has 1 aromatic carbocycles. The maximum atomic E-state index is 11.3. The van der Waals surface area contributed by atoms with E-state index in [1.54, 1.807) is 6.21 Å². The van der Waals surface area contributed by atoms with Gasteiger partial charge in [0.1, 0.15) is 5.78 Å². The normalized spacial score (nSPS) is 12.9. The molecule has 2 heteroatoms. The maximum absolute atomic E-state index is 11.3. The SMILES string of the molecule is CCC(=O)[C@@H](C)C=NCc1ccccc1. The van der Waals surface area contributed by atoms with Crippen LogP contribution in [0.4, 0.5) is 0 Å². The first-order valence-electron chi connectivity index (χ1n) is 5.30. The van der Waals surface area contributed by atoms with Gasteiger partial charge in [-0.1, -0.05) is 44.2 Å². The van der Waals surface area contributed by atoms with Crippen LogP contribution in [0.3, 0.4) is 0 Å². The minimum absolute atomic E-state index is 0.0567. The molecule has 2 nitrogen and oxygen atoms in total. The molecule has 0 saturated heterocycles. The molecule has 0 aliphatic rings. The fraction of sp³-hybridized carbons (Fsp3) is 0.385. The van der Waals surface area contributed by atoms with Gasteiger partial charge in [0.05, 0.1) is 6.54 Å². The lowest BCUT2D eigenvalue weighted by Gasteiger charge is -2.01. The van der Waals surface area contributed by atoms with E-state index in [-0.39, 0.29) is 11.7 Å². The van der Waals surface area contributed by atoms with E-state index < -0.39 is 0 Å². The third-order valence-electron chi connectivity index (χ3n) is 2.30. The molecule has 0 spiro atoms. The van der Waals surface area contributed by atoms with Gasteiger partial charge < -0.3 is 0 Å². The van der Waals surface area contributed by atoms with Crippen LogP contribution in [0.5, 0.6) is 0 Å². The van der Waals surface area contributed by atoms with Gasteiger partial charge in [0.2, 0.25) is 0 Å². The Kier molecular flexibility index (Phi) is 4.75. The number of benzene rings is 1. The Labute approximate surface area is 91.0 Å². The molecule has 0 N–H and O–H groups in total. The van der Waals surface area contributed by atoms with Crippen LogP contribution >= 0.6 is 0 Å². The van der Waals surface area contributed by atoms with Gasteiger partial charge in [0, 0.05) is 18.6 Å². The predicted molar refractivity (Wildman–Crippen MR) is 63.1 cm³/mol. The second-order valence-electron chi connectivity index (χ2n) is 3.58. The minimum Gasteiger partial charge on any atom is -0.299 e. The third kappa shape index (κ3) is 4.07. The molecule has 15 heavy (non-hydrogen) atoms. The van der Waals surface area contributed by atoms with Gasteiger partial charge >= 0.3 is 0 Å². The van der Waals surface area contributed by atoms with Crippen LogP contribution in [0.1, 0.15) is 25.8 Å². The van der Waals surface area contributed by atoms with Gasteiger partial charge in [0.15, 0.2) is 0 Å². The fourth-order valence-electron chi connectivity index (χ4n) is 1.30. The highest BCUT2D eigenvalue weighted by Gasteiger charge is 2.06.